The molecule has 2 aromatic heterocycles. The first-order valence-electron chi connectivity index (χ1n) is 9.77. The van der Waals surface area contributed by atoms with Crippen LogP contribution in [-0.2, 0) is 0 Å². The Balaban J connectivity index is 1.36. The van der Waals surface area contributed by atoms with Gasteiger partial charge in [0, 0.05) is 36.7 Å². The Hall–Kier alpha value is -2.32. The van der Waals surface area contributed by atoms with Crippen LogP contribution in [-0.4, -0.2) is 45.3 Å². The molecule has 0 radical (unpaired) electrons. The Morgan fingerprint density at radius 1 is 1.07 bits per heavy atom. The molecule has 7 nitrogen and oxygen atoms in total. The molecule has 0 atom stereocenters. The highest BCUT2D eigenvalue weighted by Gasteiger charge is 2.24. The highest BCUT2D eigenvalue weighted by Crippen LogP contribution is 2.32. The highest BCUT2D eigenvalue weighted by atomic mass is 79.9. The fourth-order valence-electron chi connectivity index (χ4n) is 3.56. The van der Waals surface area contributed by atoms with Crippen molar-refractivity contribution in [1.29, 1.82) is 0 Å². The van der Waals surface area contributed by atoms with E-state index in [0.29, 0.717) is 12.0 Å². The minimum absolute atomic E-state index is 0.157. The maximum absolute atomic E-state index is 9.68. The lowest BCUT2D eigenvalue weighted by atomic mass is 10.1. The van der Waals surface area contributed by atoms with Crippen LogP contribution in [0.25, 0.3) is 11.0 Å². The Kier molecular flexibility index (Phi) is 4.60. The Bertz CT molecular complexity index is 976. The molecule has 0 amide bonds. The Labute approximate surface area is 171 Å². The second kappa shape index (κ2) is 7.25. The molecule has 0 spiro atoms. The molecule has 5 rings (SSSR count). The molecule has 4 N–H and O–H groups in total. The number of nitrogens with one attached hydrogen (secondary N) is 3. The first-order valence-corrected chi connectivity index (χ1v) is 10.6. The van der Waals surface area contributed by atoms with E-state index in [4.69, 9.17) is 0 Å². The zero-order valence-electron chi connectivity index (χ0n) is 15.5. The minimum Gasteiger partial charge on any atom is -0.393 e. The smallest absolute Gasteiger partial charge is 0.229 e. The van der Waals surface area contributed by atoms with Crippen LogP contribution < -0.4 is 15.5 Å². The van der Waals surface area contributed by atoms with E-state index in [-0.39, 0.29) is 6.10 Å². The second-order valence-corrected chi connectivity index (χ2v) is 8.42. The van der Waals surface area contributed by atoms with Gasteiger partial charge in [0.15, 0.2) is 5.82 Å². The number of fused-ring (bicyclic) bond motifs is 1. The molecule has 28 heavy (non-hydrogen) atoms. The van der Waals surface area contributed by atoms with Gasteiger partial charge in [-0.3, -0.25) is 0 Å². The largest absolute Gasteiger partial charge is 0.393 e. The number of aromatic nitrogens is 3. The topological polar surface area (TPSA) is 89.1 Å². The van der Waals surface area contributed by atoms with Crippen LogP contribution in [0.4, 0.5) is 23.1 Å². The van der Waals surface area contributed by atoms with Crippen LogP contribution in [0, 0.1) is 0 Å². The van der Waals surface area contributed by atoms with Crippen LogP contribution in [0.1, 0.15) is 25.7 Å². The maximum atomic E-state index is 9.68. The number of hydrogen-bond donors (Lipinski definition) is 4. The molecule has 1 aromatic carbocycles. The van der Waals surface area contributed by atoms with E-state index in [2.05, 4.69) is 58.5 Å². The van der Waals surface area contributed by atoms with Crippen molar-refractivity contribution in [1.82, 2.24) is 15.0 Å². The van der Waals surface area contributed by atoms with Crippen molar-refractivity contribution in [2.24, 2.45) is 0 Å². The fraction of sp³-hybridized carbons (Fsp3) is 0.400. The number of rotatable bonds is 5. The molecule has 0 bridgehead atoms. The van der Waals surface area contributed by atoms with Crippen LogP contribution in [0.15, 0.2) is 34.9 Å². The van der Waals surface area contributed by atoms with E-state index >= 15 is 0 Å². The molecule has 1 saturated heterocycles. The van der Waals surface area contributed by atoms with Crippen molar-refractivity contribution in [3.05, 3.63) is 34.9 Å². The summed E-state index contributed by atoms with van der Waals surface area (Å²) in [7, 11) is 0. The lowest BCUT2D eigenvalue weighted by Gasteiger charge is -2.31. The zero-order valence-corrected chi connectivity index (χ0v) is 17.0. The maximum Gasteiger partial charge on any atom is 0.229 e. The number of anilines is 4. The number of halogens is 1. The van der Waals surface area contributed by atoms with Gasteiger partial charge in [0.2, 0.25) is 5.95 Å². The van der Waals surface area contributed by atoms with E-state index < -0.39 is 0 Å². The van der Waals surface area contributed by atoms with Gasteiger partial charge in [-0.25, -0.2) is 4.98 Å². The Morgan fingerprint density at radius 3 is 2.54 bits per heavy atom. The summed E-state index contributed by atoms with van der Waals surface area (Å²) >= 11 is 3.56. The van der Waals surface area contributed by atoms with Gasteiger partial charge in [-0.05, 0) is 65.9 Å². The predicted molar refractivity (Wildman–Crippen MR) is 115 cm³/mol. The third-order valence-corrected chi connectivity index (χ3v) is 5.95. The molecular weight excluding hydrogens is 420 g/mol. The molecule has 2 aliphatic rings. The standard InChI is InChI=1S/C20H23BrN6O/c21-16-11-22-18-17(16)25-20(26-19(18)23-12-1-2-12)24-13-3-5-14(6-4-13)27-9-7-15(28)8-10-27/h3-6,11-12,15,22,28H,1-2,7-10H2,(H2,23,24,25,26). The van der Waals surface area contributed by atoms with E-state index in [1.54, 1.807) is 0 Å². The quantitative estimate of drug-likeness (QED) is 0.477. The van der Waals surface area contributed by atoms with Crippen molar-refractivity contribution in [3.8, 4) is 0 Å². The molecule has 3 aromatic rings. The van der Waals surface area contributed by atoms with Crippen molar-refractivity contribution in [3.63, 3.8) is 0 Å². The van der Waals surface area contributed by atoms with Gasteiger partial charge in [-0.2, -0.15) is 4.98 Å². The van der Waals surface area contributed by atoms with Gasteiger partial charge in [-0.15, -0.1) is 0 Å². The summed E-state index contributed by atoms with van der Waals surface area (Å²) in [5.74, 6) is 1.41. The van der Waals surface area contributed by atoms with Gasteiger partial charge < -0.3 is 25.6 Å². The lowest BCUT2D eigenvalue weighted by Crippen LogP contribution is -2.35. The minimum atomic E-state index is -0.157. The van der Waals surface area contributed by atoms with Gasteiger partial charge >= 0.3 is 0 Å². The molecule has 8 heteroatoms. The molecule has 146 valence electrons. The molecular formula is C20H23BrN6O. The van der Waals surface area contributed by atoms with Gasteiger partial charge in [0.1, 0.15) is 11.0 Å². The van der Waals surface area contributed by atoms with Crippen LogP contribution in [0.3, 0.4) is 0 Å². The molecule has 0 unspecified atom stereocenters. The van der Waals surface area contributed by atoms with Crippen LogP contribution >= 0.6 is 15.9 Å². The first-order chi connectivity index (χ1) is 13.7. The molecule has 1 saturated carbocycles. The number of aromatic amines is 1. The highest BCUT2D eigenvalue weighted by molar-refractivity contribution is 9.10. The second-order valence-electron chi connectivity index (χ2n) is 7.56. The summed E-state index contributed by atoms with van der Waals surface area (Å²) in [6.45, 7) is 1.79. The number of benzene rings is 1. The third-order valence-electron chi connectivity index (χ3n) is 5.35. The number of piperidine rings is 1. The van der Waals surface area contributed by atoms with Crippen molar-refractivity contribution < 1.29 is 5.11 Å². The van der Waals surface area contributed by atoms with Gasteiger partial charge in [-0.1, -0.05) is 0 Å². The van der Waals surface area contributed by atoms with Crippen molar-refractivity contribution in [2.75, 3.05) is 28.6 Å². The van der Waals surface area contributed by atoms with E-state index in [0.717, 1.165) is 52.9 Å². The average molecular weight is 443 g/mol. The number of H-pyrrole nitrogens is 1. The summed E-state index contributed by atoms with van der Waals surface area (Å²) in [4.78, 5) is 14.9. The number of nitrogens with zero attached hydrogens (tertiary/aromatic N) is 3. The average Bonchev–Trinajstić information content (AvgIpc) is 3.44. The fourth-order valence-corrected chi connectivity index (χ4v) is 3.97. The molecule has 1 aliphatic heterocycles. The van der Waals surface area contributed by atoms with Crippen LogP contribution in [0.2, 0.25) is 0 Å². The summed E-state index contributed by atoms with van der Waals surface area (Å²) in [5, 5.41) is 16.5. The van der Waals surface area contributed by atoms with E-state index in [1.165, 1.54) is 18.5 Å². The number of hydrogen-bond acceptors (Lipinski definition) is 6. The summed E-state index contributed by atoms with van der Waals surface area (Å²) in [6.07, 6.45) is 5.77. The van der Waals surface area contributed by atoms with Crippen LogP contribution in [0.5, 0.6) is 0 Å². The van der Waals surface area contributed by atoms with Gasteiger partial charge in [0.05, 0.1) is 10.6 Å². The van der Waals surface area contributed by atoms with E-state index in [9.17, 15) is 5.11 Å². The Morgan fingerprint density at radius 2 is 1.82 bits per heavy atom. The monoisotopic (exact) mass is 442 g/mol. The van der Waals surface area contributed by atoms with Crippen molar-refractivity contribution in [2.45, 2.75) is 37.8 Å². The number of aliphatic hydroxyl groups excluding tert-OH is 1. The third kappa shape index (κ3) is 3.66. The normalized spacial score (nSPS) is 17.9. The summed E-state index contributed by atoms with van der Waals surface area (Å²) in [5.41, 5.74) is 3.92. The first kappa shape index (κ1) is 17.8. The zero-order chi connectivity index (χ0) is 19.1. The SMILES string of the molecule is OC1CCN(c2ccc(Nc3nc(NC4CC4)c4[nH]cc(Br)c4n3)cc2)CC1. The molecule has 2 fully saturated rings. The van der Waals surface area contributed by atoms with Crippen molar-refractivity contribution >= 4 is 50.1 Å². The summed E-state index contributed by atoms with van der Waals surface area (Å²) in [6, 6.07) is 8.82. The number of aliphatic hydroxyl groups is 1. The van der Waals surface area contributed by atoms with E-state index in [1.807, 2.05) is 18.3 Å². The lowest BCUT2D eigenvalue weighted by molar-refractivity contribution is 0.145. The molecule has 3 heterocycles. The van der Waals surface area contributed by atoms with Gasteiger partial charge in [0.25, 0.3) is 0 Å². The predicted octanol–water partition coefficient (Wildman–Crippen LogP) is 4.00. The summed E-state index contributed by atoms with van der Waals surface area (Å²) < 4.78 is 0.925. The molecule has 1 aliphatic carbocycles.